The third kappa shape index (κ3) is 4.69. The molecule has 2 aromatic heterocycles. The molecule has 160 valence electrons. The highest BCUT2D eigenvalue weighted by molar-refractivity contribution is 5.36. The van der Waals surface area contributed by atoms with Crippen molar-refractivity contribution in [2.45, 2.75) is 60.4 Å². The van der Waals surface area contributed by atoms with E-state index in [0.29, 0.717) is 30.5 Å². The van der Waals surface area contributed by atoms with E-state index in [-0.39, 0.29) is 32.6 Å². The molecule has 2 aliphatic heterocycles. The summed E-state index contributed by atoms with van der Waals surface area (Å²) >= 11 is 0. The van der Waals surface area contributed by atoms with E-state index in [1.165, 1.54) is 0 Å². The number of halogens is 1. The molecule has 2 aliphatic rings. The van der Waals surface area contributed by atoms with Crippen molar-refractivity contribution in [3.05, 3.63) is 46.7 Å². The van der Waals surface area contributed by atoms with E-state index >= 15 is 0 Å². The number of aromatic nitrogens is 2. The zero-order valence-corrected chi connectivity index (χ0v) is 16.2. The normalized spacial score (nSPS) is 19.7. The number of nitrogens with zero attached hydrogens (tertiary/aromatic N) is 3. The number of likely N-dealkylation sites (tertiary alicyclic amines) is 1. The highest BCUT2D eigenvalue weighted by Crippen LogP contribution is 2.35. The first-order chi connectivity index (χ1) is 13.0. The van der Waals surface area contributed by atoms with Crippen molar-refractivity contribution >= 4 is 0 Å². The summed E-state index contributed by atoms with van der Waals surface area (Å²) < 4.78 is 25.9. The fourth-order valence-electron chi connectivity index (χ4n) is 4.12. The Kier molecular flexibility index (Phi) is 7.58. The first kappa shape index (κ1) is 23.1. The molecule has 0 unspecified atom stereocenters. The minimum absolute atomic E-state index is 0. The van der Waals surface area contributed by atoms with Gasteiger partial charge in [0, 0.05) is 18.3 Å². The van der Waals surface area contributed by atoms with Crippen LogP contribution in [0.2, 0.25) is 0 Å². The van der Waals surface area contributed by atoms with Crippen LogP contribution in [0.5, 0.6) is 11.6 Å². The van der Waals surface area contributed by atoms with Gasteiger partial charge in [-0.2, -0.15) is 0 Å². The Morgan fingerprint density at radius 3 is 2.69 bits per heavy atom. The predicted molar refractivity (Wildman–Crippen MR) is 114 cm³/mol. The zero-order valence-electron chi connectivity index (χ0n) is 16.2. The molecule has 0 aromatic carbocycles. The molecular formula is C23H34FN3O2. The van der Waals surface area contributed by atoms with E-state index in [4.69, 9.17) is 9.47 Å². The Hall–Kier alpha value is -2.21. The minimum Gasteiger partial charge on any atom is -0.484 e. The number of hydrogen-bond donors (Lipinski definition) is 0. The lowest BCUT2D eigenvalue weighted by Crippen LogP contribution is -2.37. The Balaban J connectivity index is 0.00000150. The van der Waals surface area contributed by atoms with Crippen LogP contribution >= 0.6 is 0 Å². The van der Waals surface area contributed by atoms with Gasteiger partial charge >= 0.3 is 0 Å². The molecule has 4 rings (SSSR count). The molecule has 1 saturated heterocycles. The SMILES string of the molecule is C.C.Cc1cc([C@H]2CCCN([C@H](C)c3ccc4c(n3)OCCO4)C2)c(F)c(C)n1. The number of fused-ring (bicyclic) bond motifs is 1. The van der Waals surface area contributed by atoms with Crippen LogP contribution in [-0.2, 0) is 0 Å². The number of aryl methyl sites for hydroxylation is 2. The summed E-state index contributed by atoms with van der Waals surface area (Å²) in [4.78, 5) is 11.3. The fraction of sp³-hybridized carbons (Fsp3) is 0.565. The summed E-state index contributed by atoms with van der Waals surface area (Å²) in [5, 5.41) is 0. The zero-order chi connectivity index (χ0) is 19.0. The molecule has 0 N–H and O–H groups in total. The van der Waals surface area contributed by atoms with Crippen LogP contribution in [0.1, 0.15) is 69.2 Å². The standard InChI is InChI=1S/C21H26FN3O2.2CH4/c1-13-11-17(20(22)14(2)23-13)16-5-4-8-25(12-16)15(3)18-6-7-19-21(24-18)27-10-9-26-19;;/h6-7,11,15-16H,4-5,8-10,12H2,1-3H3;2*1H4/t15-,16+;;/m1../s1. The highest BCUT2D eigenvalue weighted by Gasteiger charge is 2.29. The van der Waals surface area contributed by atoms with Crippen LogP contribution in [0.25, 0.3) is 0 Å². The maximum absolute atomic E-state index is 14.7. The lowest BCUT2D eigenvalue weighted by Gasteiger charge is -2.37. The largest absolute Gasteiger partial charge is 0.484 e. The Labute approximate surface area is 174 Å². The fourth-order valence-corrected chi connectivity index (χ4v) is 4.12. The van der Waals surface area contributed by atoms with Gasteiger partial charge in [-0.25, -0.2) is 9.37 Å². The molecule has 0 spiro atoms. The molecule has 0 radical (unpaired) electrons. The van der Waals surface area contributed by atoms with Crippen molar-refractivity contribution in [1.29, 1.82) is 0 Å². The van der Waals surface area contributed by atoms with E-state index in [1.54, 1.807) is 6.92 Å². The average molecular weight is 404 g/mol. The van der Waals surface area contributed by atoms with Crippen LogP contribution in [0, 0.1) is 19.7 Å². The summed E-state index contributed by atoms with van der Waals surface area (Å²) in [5.41, 5.74) is 3.13. The molecule has 29 heavy (non-hydrogen) atoms. The van der Waals surface area contributed by atoms with Gasteiger partial charge in [0.2, 0.25) is 0 Å². The molecule has 6 heteroatoms. The minimum atomic E-state index is -0.155. The van der Waals surface area contributed by atoms with E-state index in [1.807, 2.05) is 25.1 Å². The lowest BCUT2D eigenvalue weighted by atomic mass is 9.89. The molecule has 0 saturated carbocycles. The van der Waals surface area contributed by atoms with E-state index in [9.17, 15) is 4.39 Å². The monoisotopic (exact) mass is 403 g/mol. The second-order valence-corrected chi connectivity index (χ2v) is 7.50. The average Bonchev–Trinajstić information content (AvgIpc) is 2.70. The summed E-state index contributed by atoms with van der Waals surface area (Å²) in [6.07, 6.45) is 2.04. The summed E-state index contributed by atoms with van der Waals surface area (Å²) in [6, 6.07) is 5.98. The van der Waals surface area contributed by atoms with Gasteiger partial charge in [0.15, 0.2) is 5.75 Å². The summed E-state index contributed by atoms with van der Waals surface area (Å²) in [6.45, 7) is 8.72. The van der Waals surface area contributed by atoms with E-state index in [0.717, 1.165) is 42.9 Å². The molecule has 2 atom stereocenters. The van der Waals surface area contributed by atoms with Crippen molar-refractivity contribution in [2.75, 3.05) is 26.3 Å². The molecule has 4 heterocycles. The van der Waals surface area contributed by atoms with Crippen molar-refractivity contribution in [3.8, 4) is 11.6 Å². The van der Waals surface area contributed by atoms with Crippen molar-refractivity contribution < 1.29 is 13.9 Å². The van der Waals surface area contributed by atoms with Gasteiger partial charge in [0.1, 0.15) is 19.0 Å². The number of pyridine rings is 2. The summed E-state index contributed by atoms with van der Waals surface area (Å²) in [7, 11) is 0. The quantitative estimate of drug-likeness (QED) is 0.703. The number of piperidine rings is 1. The second kappa shape index (κ2) is 9.53. The Bertz CT molecular complexity index is 843. The Morgan fingerprint density at radius 1 is 1.14 bits per heavy atom. The van der Waals surface area contributed by atoms with Gasteiger partial charge in [0.25, 0.3) is 5.88 Å². The maximum atomic E-state index is 14.7. The van der Waals surface area contributed by atoms with Gasteiger partial charge < -0.3 is 9.47 Å². The van der Waals surface area contributed by atoms with Crippen LogP contribution in [-0.4, -0.2) is 41.2 Å². The molecule has 1 fully saturated rings. The summed E-state index contributed by atoms with van der Waals surface area (Å²) in [5.74, 6) is 1.31. The van der Waals surface area contributed by atoms with Crippen LogP contribution in [0.3, 0.4) is 0 Å². The molecule has 0 aliphatic carbocycles. The molecular weight excluding hydrogens is 369 g/mol. The van der Waals surface area contributed by atoms with Crippen LogP contribution < -0.4 is 9.47 Å². The molecule has 0 amide bonds. The Morgan fingerprint density at radius 2 is 1.90 bits per heavy atom. The first-order valence-corrected chi connectivity index (χ1v) is 9.67. The molecule has 5 nitrogen and oxygen atoms in total. The number of ether oxygens (including phenoxy) is 2. The molecule has 0 bridgehead atoms. The lowest BCUT2D eigenvalue weighted by molar-refractivity contribution is 0.147. The number of hydrogen-bond acceptors (Lipinski definition) is 5. The van der Waals surface area contributed by atoms with E-state index < -0.39 is 0 Å². The van der Waals surface area contributed by atoms with Crippen molar-refractivity contribution in [3.63, 3.8) is 0 Å². The topological polar surface area (TPSA) is 47.5 Å². The number of rotatable bonds is 3. The predicted octanol–water partition coefficient (Wildman–Crippen LogP) is 5.22. The van der Waals surface area contributed by atoms with Gasteiger partial charge in [-0.15, -0.1) is 0 Å². The van der Waals surface area contributed by atoms with Gasteiger partial charge in [0.05, 0.1) is 11.4 Å². The van der Waals surface area contributed by atoms with Gasteiger partial charge in [-0.05, 0) is 69.8 Å². The maximum Gasteiger partial charge on any atom is 0.257 e. The second-order valence-electron chi connectivity index (χ2n) is 7.50. The van der Waals surface area contributed by atoms with Crippen molar-refractivity contribution in [1.82, 2.24) is 14.9 Å². The third-order valence-corrected chi connectivity index (χ3v) is 5.57. The van der Waals surface area contributed by atoms with Crippen LogP contribution in [0.15, 0.2) is 18.2 Å². The van der Waals surface area contributed by atoms with Crippen LogP contribution in [0.4, 0.5) is 4.39 Å². The van der Waals surface area contributed by atoms with Gasteiger partial charge in [-0.1, -0.05) is 14.9 Å². The highest BCUT2D eigenvalue weighted by atomic mass is 19.1. The third-order valence-electron chi connectivity index (χ3n) is 5.57. The smallest absolute Gasteiger partial charge is 0.257 e. The first-order valence-electron chi connectivity index (χ1n) is 9.67. The van der Waals surface area contributed by atoms with Crippen molar-refractivity contribution in [2.24, 2.45) is 0 Å². The van der Waals surface area contributed by atoms with Gasteiger partial charge in [-0.3, -0.25) is 9.88 Å². The van der Waals surface area contributed by atoms with E-state index in [2.05, 4.69) is 21.8 Å². The molecule has 2 aromatic rings.